The van der Waals surface area contributed by atoms with Crippen LogP contribution in [0, 0.1) is 0 Å². The van der Waals surface area contributed by atoms with Gasteiger partial charge in [0.05, 0.1) is 17.4 Å². The molecular formula is C13H14N2O3. The van der Waals surface area contributed by atoms with Crippen molar-refractivity contribution in [2.45, 2.75) is 18.6 Å². The van der Waals surface area contributed by atoms with Gasteiger partial charge in [-0.15, -0.1) is 0 Å². The highest BCUT2D eigenvalue weighted by atomic mass is 16.5. The van der Waals surface area contributed by atoms with Gasteiger partial charge >= 0.3 is 0 Å². The predicted octanol–water partition coefficient (Wildman–Crippen LogP) is 0.868. The molecule has 0 spiro atoms. The van der Waals surface area contributed by atoms with Crippen LogP contribution in [-0.4, -0.2) is 42.5 Å². The van der Waals surface area contributed by atoms with Crippen LogP contribution in [0.25, 0.3) is 0 Å². The number of rotatable bonds is 1. The minimum Gasteiger partial charge on any atom is -0.380 e. The monoisotopic (exact) mass is 246 g/mol. The first-order chi connectivity index (χ1) is 8.70. The second kappa shape index (κ2) is 4.10. The van der Waals surface area contributed by atoms with E-state index in [0.717, 1.165) is 0 Å². The number of nitrogens with one attached hydrogen (secondary N) is 1. The Morgan fingerprint density at radius 1 is 1.33 bits per heavy atom. The van der Waals surface area contributed by atoms with Crippen LogP contribution < -0.4 is 5.32 Å². The van der Waals surface area contributed by atoms with E-state index in [1.54, 1.807) is 36.3 Å². The molecule has 3 rings (SSSR count). The average molecular weight is 246 g/mol. The SMILES string of the molecule is CO[C@@H]1C[C@H]2C(=O)Nc3ccccc3C(=O)N2C1. The zero-order chi connectivity index (χ0) is 12.7. The van der Waals surface area contributed by atoms with Crippen molar-refractivity contribution in [3.63, 3.8) is 0 Å². The topological polar surface area (TPSA) is 58.6 Å². The number of anilines is 1. The van der Waals surface area contributed by atoms with Crippen molar-refractivity contribution in [1.29, 1.82) is 0 Å². The summed E-state index contributed by atoms with van der Waals surface area (Å²) in [5, 5.41) is 2.81. The lowest BCUT2D eigenvalue weighted by Gasteiger charge is -2.19. The first-order valence-electron chi connectivity index (χ1n) is 5.94. The Morgan fingerprint density at radius 2 is 2.11 bits per heavy atom. The summed E-state index contributed by atoms with van der Waals surface area (Å²) < 4.78 is 5.25. The van der Waals surface area contributed by atoms with Crippen molar-refractivity contribution in [2.24, 2.45) is 0 Å². The molecule has 1 fully saturated rings. The molecule has 1 aromatic carbocycles. The smallest absolute Gasteiger partial charge is 0.256 e. The van der Waals surface area contributed by atoms with Crippen molar-refractivity contribution in [3.05, 3.63) is 29.8 Å². The van der Waals surface area contributed by atoms with Crippen molar-refractivity contribution in [1.82, 2.24) is 4.90 Å². The number of benzene rings is 1. The lowest BCUT2D eigenvalue weighted by molar-refractivity contribution is -0.119. The summed E-state index contributed by atoms with van der Waals surface area (Å²) in [5.41, 5.74) is 1.14. The molecule has 2 aliphatic heterocycles. The quantitative estimate of drug-likeness (QED) is 0.799. The molecule has 0 unspecified atom stereocenters. The van der Waals surface area contributed by atoms with Crippen LogP contribution in [0.5, 0.6) is 0 Å². The number of carbonyl (C=O) groups excluding carboxylic acids is 2. The average Bonchev–Trinajstić information content (AvgIpc) is 2.79. The molecular weight excluding hydrogens is 232 g/mol. The molecule has 5 nitrogen and oxygen atoms in total. The number of fused-ring (bicyclic) bond motifs is 2. The summed E-state index contributed by atoms with van der Waals surface area (Å²) in [6.07, 6.45) is 0.497. The fourth-order valence-corrected chi connectivity index (χ4v) is 2.59. The van der Waals surface area contributed by atoms with Gasteiger partial charge in [0.25, 0.3) is 5.91 Å². The molecule has 2 atom stereocenters. The van der Waals surface area contributed by atoms with E-state index in [-0.39, 0.29) is 17.9 Å². The molecule has 0 bridgehead atoms. The number of ether oxygens (including phenoxy) is 1. The fourth-order valence-electron chi connectivity index (χ4n) is 2.59. The van der Waals surface area contributed by atoms with E-state index in [0.29, 0.717) is 24.2 Å². The van der Waals surface area contributed by atoms with Crippen molar-refractivity contribution >= 4 is 17.5 Å². The second-order valence-electron chi connectivity index (χ2n) is 4.60. The van der Waals surface area contributed by atoms with E-state index >= 15 is 0 Å². The molecule has 1 saturated heterocycles. The van der Waals surface area contributed by atoms with Crippen LogP contribution in [-0.2, 0) is 9.53 Å². The van der Waals surface area contributed by atoms with Gasteiger partial charge in [-0.25, -0.2) is 0 Å². The molecule has 2 amide bonds. The Kier molecular flexibility index (Phi) is 2.56. The molecule has 2 heterocycles. The molecule has 5 heteroatoms. The van der Waals surface area contributed by atoms with Crippen molar-refractivity contribution < 1.29 is 14.3 Å². The lowest BCUT2D eigenvalue weighted by Crippen LogP contribution is -2.40. The third kappa shape index (κ3) is 1.59. The molecule has 18 heavy (non-hydrogen) atoms. The van der Waals surface area contributed by atoms with Crippen LogP contribution in [0.15, 0.2) is 24.3 Å². The summed E-state index contributed by atoms with van der Waals surface area (Å²) in [7, 11) is 1.60. The van der Waals surface area contributed by atoms with Crippen LogP contribution in [0.4, 0.5) is 5.69 Å². The molecule has 0 aliphatic carbocycles. The third-order valence-electron chi connectivity index (χ3n) is 3.57. The minimum absolute atomic E-state index is 0.0602. The molecule has 0 aromatic heterocycles. The fraction of sp³-hybridized carbons (Fsp3) is 0.385. The Balaban J connectivity index is 2.02. The highest BCUT2D eigenvalue weighted by Gasteiger charge is 2.42. The molecule has 2 aliphatic rings. The van der Waals surface area contributed by atoms with E-state index in [1.165, 1.54) is 0 Å². The molecule has 0 radical (unpaired) electrons. The van der Waals surface area contributed by atoms with E-state index < -0.39 is 6.04 Å². The number of hydrogen-bond donors (Lipinski definition) is 1. The Labute approximate surface area is 105 Å². The van der Waals surface area contributed by atoms with E-state index in [2.05, 4.69) is 5.32 Å². The second-order valence-corrected chi connectivity index (χ2v) is 4.60. The van der Waals surface area contributed by atoms with E-state index in [4.69, 9.17) is 4.74 Å². The predicted molar refractivity (Wildman–Crippen MR) is 65.3 cm³/mol. The Hall–Kier alpha value is -1.88. The van der Waals surface area contributed by atoms with E-state index in [1.807, 2.05) is 0 Å². The Morgan fingerprint density at radius 3 is 2.89 bits per heavy atom. The Bertz CT molecular complexity index is 515. The van der Waals surface area contributed by atoms with Gasteiger partial charge in [-0.1, -0.05) is 12.1 Å². The molecule has 94 valence electrons. The standard InChI is InChI=1S/C13H14N2O3/c1-18-8-6-11-12(16)14-10-5-3-2-4-9(10)13(17)15(11)7-8/h2-5,8,11H,6-7H2,1H3,(H,14,16)/t8-,11+/m1/s1. The van der Waals surface area contributed by atoms with Crippen molar-refractivity contribution in [2.75, 3.05) is 19.0 Å². The molecule has 1 aromatic rings. The minimum atomic E-state index is -0.421. The number of amides is 2. The maximum Gasteiger partial charge on any atom is 0.256 e. The summed E-state index contributed by atoms with van der Waals surface area (Å²) >= 11 is 0. The first-order valence-corrected chi connectivity index (χ1v) is 5.94. The van der Waals surface area contributed by atoms with Gasteiger partial charge in [0.1, 0.15) is 6.04 Å². The van der Waals surface area contributed by atoms with Crippen LogP contribution in [0.3, 0.4) is 0 Å². The van der Waals surface area contributed by atoms with Crippen LogP contribution >= 0.6 is 0 Å². The van der Waals surface area contributed by atoms with Crippen molar-refractivity contribution in [3.8, 4) is 0 Å². The van der Waals surface area contributed by atoms with Gasteiger partial charge in [-0.3, -0.25) is 9.59 Å². The van der Waals surface area contributed by atoms with Gasteiger partial charge in [0, 0.05) is 20.1 Å². The highest BCUT2D eigenvalue weighted by molar-refractivity contribution is 6.10. The summed E-state index contributed by atoms with van der Waals surface area (Å²) in [6.45, 7) is 0.474. The van der Waals surface area contributed by atoms with Gasteiger partial charge in [-0.05, 0) is 12.1 Å². The van der Waals surface area contributed by atoms with E-state index in [9.17, 15) is 9.59 Å². The number of hydrogen-bond acceptors (Lipinski definition) is 3. The number of nitrogens with zero attached hydrogens (tertiary/aromatic N) is 1. The lowest BCUT2D eigenvalue weighted by atomic mass is 10.1. The number of carbonyl (C=O) groups is 2. The first kappa shape index (κ1) is 11.2. The van der Waals surface area contributed by atoms with Gasteiger partial charge < -0.3 is 15.0 Å². The number of methoxy groups -OCH3 is 1. The van der Waals surface area contributed by atoms with Gasteiger partial charge in [0.15, 0.2) is 0 Å². The maximum absolute atomic E-state index is 12.4. The molecule has 1 N–H and O–H groups in total. The highest BCUT2D eigenvalue weighted by Crippen LogP contribution is 2.29. The maximum atomic E-state index is 12.4. The zero-order valence-electron chi connectivity index (χ0n) is 10.1. The van der Waals surface area contributed by atoms with Gasteiger partial charge in [0.2, 0.25) is 5.91 Å². The van der Waals surface area contributed by atoms with Crippen LogP contribution in [0.2, 0.25) is 0 Å². The van der Waals surface area contributed by atoms with Crippen LogP contribution in [0.1, 0.15) is 16.8 Å². The normalized spacial score (nSPS) is 26.4. The molecule has 0 saturated carbocycles. The number of para-hydroxylation sites is 1. The summed E-state index contributed by atoms with van der Waals surface area (Å²) in [5.74, 6) is -0.235. The summed E-state index contributed by atoms with van der Waals surface area (Å²) in [4.78, 5) is 26.1. The van der Waals surface area contributed by atoms with Gasteiger partial charge in [-0.2, -0.15) is 0 Å². The summed E-state index contributed by atoms with van der Waals surface area (Å²) in [6, 6.07) is 6.67. The third-order valence-corrected chi connectivity index (χ3v) is 3.57. The zero-order valence-corrected chi connectivity index (χ0v) is 10.1. The largest absolute Gasteiger partial charge is 0.380 e.